The molecule has 4 bridgehead atoms. The van der Waals surface area contributed by atoms with Crippen LogP contribution in [0.3, 0.4) is 0 Å². The smallest absolute Gasteiger partial charge is 0.161 e. The van der Waals surface area contributed by atoms with Crippen molar-refractivity contribution < 1.29 is 24.8 Å². The van der Waals surface area contributed by atoms with E-state index in [1.165, 1.54) is 11.1 Å². The molecule has 3 aromatic carbocycles. The molecule has 3 atom stereocenters. The highest BCUT2D eigenvalue weighted by atomic mass is 16.5. The molecule has 0 amide bonds. The minimum absolute atomic E-state index is 0.0948. The van der Waals surface area contributed by atoms with Gasteiger partial charge in [0.15, 0.2) is 11.5 Å². The molecule has 2 aliphatic heterocycles. The van der Waals surface area contributed by atoms with Crippen molar-refractivity contribution in [2.75, 3.05) is 13.2 Å². The number of fused-ring (bicyclic) bond motifs is 4. The number of nitrogens with two attached hydrogens (primary N) is 1. The third-order valence-corrected chi connectivity index (χ3v) is 9.39. The quantitative estimate of drug-likeness (QED) is 0.130. The van der Waals surface area contributed by atoms with Crippen molar-refractivity contribution >= 4 is 16.6 Å². The Balaban J connectivity index is 1.36. The van der Waals surface area contributed by atoms with E-state index in [-0.39, 0.29) is 31.2 Å². The summed E-state index contributed by atoms with van der Waals surface area (Å²) in [7, 11) is 0. The zero-order chi connectivity index (χ0) is 33.3. The van der Waals surface area contributed by atoms with Gasteiger partial charge in [-0.2, -0.15) is 0 Å². The third kappa shape index (κ3) is 8.88. The molecule has 0 fully saturated rings. The number of unbranched alkanes of at least 4 members (excludes halogenated alkanes) is 4. The number of phenols is 1. The molecule has 8 nitrogen and oxygen atoms in total. The molecular weight excluding hydrogens is 602 g/mol. The van der Waals surface area contributed by atoms with Gasteiger partial charge in [0.2, 0.25) is 0 Å². The minimum Gasteiger partial charge on any atom is -0.504 e. The van der Waals surface area contributed by atoms with Crippen LogP contribution in [-0.2, 0) is 24.2 Å². The molecule has 254 valence electrons. The lowest BCUT2D eigenvalue weighted by molar-refractivity contribution is 0.0171. The van der Waals surface area contributed by atoms with Crippen LogP contribution < -0.4 is 15.8 Å². The Hall–Kier alpha value is -4.08. The van der Waals surface area contributed by atoms with E-state index in [1.54, 1.807) is 6.07 Å². The summed E-state index contributed by atoms with van der Waals surface area (Å²) in [6, 6.07) is 20.3. The van der Waals surface area contributed by atoms with E-state index >= 15 is 0 Å². The topological polar surface area (TPSA) is 122 Å². The maximum absolute atomic E-state index is 11.1. The van der Waals surface area contributed by atoms with E-state index in [9.17, 15) is 10.2 Å². The van der Waals surface area contributed by atoms with Crippen LogP contribution >= 0.6 is 0 Å². The number of dihydropyridines is 1. The van der Waals surface area contributed by atoms with Crippen LogP contribution in [0.15, 0.2) is 90.8 Å². The first kappa shape index (κ1) is 33.8. The number of aromatic hydroxyl groups is 1. The van der Waals surface area contributed by atoms with Crippen LogP contribution in [0.2, 0.25) is 0 Å². The number of aromatic nitrogens is 1. The van der Waals surface area contributed by atoms with Crippen molar-refractivity contribution in [1.82, 2.24) is 9.88 Å². The summed E-state index contributed by atoms with van der Waals surface area (Å²) in [6.07, 6.45) is 15.7. The molecule has 1 aromatic heterocycles. The van der Waals surface area contributed by atoms with Crippen LogP contribution in [0.4, 0.5) is 0 Å². The summed E-state index contributed by atoms with van der Waals surface area (Å²) in [5, 5.41) is 36.6. The molecule has 1 unspecified atom stereocenters. The number of aliphatic hydroxyl groups is 2. The second-order valence-electron chi connectivity index (χ2n) is 13.2. The summed E-state index contributed by atoms with van der Waals surface area (Å²) in [4.78, 5) is 0. The van der Waals surface area contributed by atoms with Gasteiger partial charge in [0.05, 0.1) is 25.0 Å². The molecule has 0 spiro atoms. The van der Waals surface area contributed by atoms with Crippen LogP contribution in [0, 0.1) is 0 Å². The number of aliphatic hydroxyl groups excluding tert-OH is 2. The predicted molar refractivity (Wildman–Crippen MR) is 191 cm³/mol. The lowest BCUT2D eigenvalue weighted by Crippen LogP contribution is -2.38. The highest BCUT2D eigenvalue weighted by Gasteiger charge is 2.21. The maximum atomic E-state index is 11.1. The van der Waals surface area contributed by atoms with E-state index < -0.39 is 6.10 Å². The zero-order valence-corrected chi connectivity index (χ0v) is 27.7. The van der Waals surface area contributed by atoms with Gasteiger partial charge in [-0.25, -0.2) is 0 Å². The Morgan fingerprint density at radius 1 is 0.917 bits per heavy atom. The lowest BCUT2D eigenvalue weighted by atomic mass is 9.99. The average Bonchev–Trinajstić information content (AvgIpc) is 3.52. The molecule has 4 aromatic rings. The molecule has 0 radical (unpaired) electrons. The SMILES string of the molecule is NC1C=CC2=C(N1)n1cc3cc(Cc4ccccc4)cc(c3c1)COc1cc(ccc1O)CC[C@@H](O)C[C@H](CCCCCCCO)OC2. The van der Waals surface area contributed by atoms with E-state index in [0.29, 0.717) is 31.6 Å². The van der Waals surface area contributed by atoms with E-state index in [4.69, 9.17) is 20.3 Å². The van der Waals surface area contributed by atoms with Gasteiger partial charge < -0.3 is 40.4 Å². The highest BCUT2D eigenvalue weighted by molar-refractivity contribution is 5.88. The normalized spacial score (nSPS) is 20.2. The van der Waals surface area contributed by atoms with Gasteiger partial charge in [0, 0.05) is 35.3 Å². The Morgan fingerprint density at radius 3 is 2.60 bits per heavy atom. The monoisotopic (exact) mass is 651 g/mol. The molecule has 48 heavy (non-hydrogen) atoms. The number of phenolic OH excluding ortho intramolecular Hbond substituents is 1. The molecule has 6 N–H and O–H groups in total. The van der Waals surface area contributed by atoms with Gasteiger partial charge in [-0.1, -0.05) is 74.2 Å². The van der Waals surface area contributed by atoms with Crippen molar-refractivity contribution in [2.24, 2.45) is 5.73 Å². The second kappa shape index (κ2) is 16.3. The minimum atomic E-state index is -0.532. The maximum Gasteiger partial charge on any atom is 0.161 e. The number of hydrogen-bond donors (Lipinski definition) is 5. The fourth-order valence-electron chi connectivity index (χ4n) is 6.76. The number of nitrogens with zero attached hydrogens (tertiary/aromatic N) is 1. The van der Waals surface area contributed by atoms with Crippen LogP contribution in [0.5, 0.6) is 11.5 Å². The van der Waals surface area contributed by atoms with E-state index in [2.05, 4.69) is 58.7 Å². The largest absolute Gasteiger partial charge is 0.504 e. The Kier molecular flexibility index (Phi) is 11.5. The molecule has 0 aliphatic carbocycles. The number of aryl methyl sites for hydroxylation is 1. The van der Waals surface area contributed by atoms with Crippen molar-refractivity contribution in [3.63, 3.8) is 0 Å². The fraction of sp³-hybridized carbons (Fsp3) is 0.400. The van der Waals surface area contributed by atoms with Crippen LogP contribution in [0.1, 0.15) is 73.6 Å². The number of benzene rings is 3. The lowest BCUT2D eigenvalue weighted by Gasteiger charge is -2.26. The molecule has 6 rings (SSSR count). The summed E-state index contributed by atoms with van der Waals surface area (Å²) >= 11 is 0. The van der Waals surface area contributed by atoms with Crippen molar-refractivity contribution in [1.29, 1.82) is 0 Å². The summed E-state index contributed by atoms with van der Waals surface area (Å²) < 4.78 is 15.0. The molecular formula is C40H49N3O5. The number of ether oxygens (including phenoxy) is 2. The first-order valence-electron chi connectivity index (χ1n) is 17.4. The number of nitrogens with one attached hydrogen (secondary N) is 1. The van der Waals surface area contributed by atoms with Gasteiger partial charge in [-0.15, -0.1) is 0 Å². The Morgan fingerprint density at radius 2 is 1.75 bits per heavy atom. The Labute approximate surface area is 283 Å². The summed E-state index contributed by atoms with van der Waals surface area (Å²) in [5.74, 6) is 1.39. The highest BCUT2D eigenvalue weighted by Crippen LogP contribution is 2.32. The average molecular weight is 652 g/mol. The van der Waals surface area contributed by atoms with E-state index in [0.717, 1.165) is 78.2 Å². The van der Waals surface area contributed by atoms with Crippen molar-refractivity contribution in [2.45, 2.75) is 89.2 Å². The van der Waals surface area contributed by atoms with Gasteiger partial charge in [0.25, 0.3) is 0 Å². The van der Waals surface area contributed by atoms with Gasteiger partial charge >= 0.3 is 0 Å². The fourth-order valence-corrected chi connectivity index (χ4v) is 6.76. The second-order valence-corrected chi connectivity index (χ2v) is 13.2. The predicted octanol–water partition coefficient (Wildman–Crippen LogP) is 6.54. The first-order chi connectivity index (χ1) is 23.4. The third-order valence-electron chi connectivity index (χ3n) is 9.39. The van der Waals surface area contributed by atoms with Crippen LogP contribution in [0.25, 0.3) is 16.6 Å². The zero-order valence-electron chi connectivity index (χ0n) is 27.7. The Bertz CT molecular complexity index is 1710. The summed E-state index contributed by atoms with van der Waals surface area (Å²) in [5.41, 5.74) is 11.8. The number of rotatable bonds is 9. The standard InChI is InChI=1S/C40H49N3O5/c41-39-17-14-31-26-47-35(11-7-2-1-3-8-18-44)23-34(45)15-12-29-13-16-37(46)38(22-29)48-27-33-21-30(19-28-9-5-4-6-10-28)20-32-24-43(25-36(32)33)40(31)42-39/h4-6,9-10,13-14,16-17,20-22,24-25,34-35,39,42,44-46H,1-3,7-8,11-12,15,18-19,23,26-27,41H2/t34-,35+,39?/m1/s1. The molecule has 0 saturated heterocycles. The van der Waals surface area contributed by atoms with E-state index in [1.807, 2.05) is 30.4 Å². The van der Waals surface area contributed by atoms with Crippen molar-refractivity contribution in [3.05, 3.63) is 113 Å². The molecule has 8 heteroatoms. The number of hydrogen-bond acceptors (Lipinski definition) is 7. The van der Waals surface area contributed by atoms with Gasteiger partial charge in [0.1, 0.15) is 12.4 Å². The van der Waals surface area contributed by atoms with Gasteiger partial charge in [-0.05, 0) is 85.1 Å². The van der Waals surface area contributed by atoms with Crippen LogP contribution in [-0.4, -0.2) is 51.5 Å². The molecule has 2 aliphatic rings. The summed E-state index contributed by atoms with van der Waals surface area (Å²) in [6.45, 7) is 0.910. The van der Waals surface area contributed by atoms with Gasteiger partial charge in [-0.3, -0.25) is 0 Å². The molecule has 0 saturated carbocycles. The van der Waals surface area contributed by atoms with Crippen molar-refractivity contribution in [3.8, 4) is 11.5 Å². The first-order valence-corrected chi connectivity index (χ1v) is 17.4. The molecule has 3 heterocycles.